The molecule has 0 rings (SSSR count). The van der Waals surface area contributed by atoms with Crippen LogP contribution in [0, 0.1) is 0 Å². The van der Waals surface area contributed by atoms with E-state index in [4.69, 9.17) is 5.11 Å². The highest BCUT2D eigenvalue weighted by Crippen LogP contribution is 2.13. The van der Waals surface area contributed by atoms with Crippen molar-refractivity contribution >= 4 is 0 Å². The summed E-state index contributed by atoms with van der Waals surface area (Å²) in [5, 5.41) is 8.97. The Morgan fingerprint density at radius 2 is 1.27 bits per heavy atom. The maximum absolute atomic E-state index is 8.97. The van der Waals surface area contributed by atoms with Gasteiger partial charge < -0.3 is 9.59 Å². The number of unbranched alkanes of at least 4 members (excludes halogenated alkanes) is 2. The lowest BCUT2D eigenvalue weighted by atomic mass is 10.2. The third kappa shape index (κ3) is 6.16. The molecule has 0 atom stereocenters. The van der Waals surface area contributed by atoms with Crippen molar-refractivity contribution in [3.8, 4) is 0 Å². The molecule has 0 aliphatic heterocycles. The molecule has 0 saturated carbocycles. The van der Waals surface area contributed by atoms with Gasteiger partial charge in [-0.3, -0.25) is 0 Å². The first-order chi connectivity index (χ1) is 7.24. The lowest BCUT2D eigenvalue weighted by Gasteiger charge is -2.38. The molecule has 2 nitrogen and oxygen atoms in total. The largest absolute Gasteiger partial charge is 0.396 e. The molecule has 0 amide bonds. The smallest absolute Gasteiger partial charge is 0.0808 e. The Morgan fingerprint density at radius 3 is 1.60 bits per heavy atom. The van der Waals surface area contributed by atoms with Crippen LogP contribution in [0.25, 0.3) is 0 Å². The van der Waals surface area contributed by atoms with Gasteiger partial charge in [0.05, 0.1) is 26.2 Å². The molecule has 0 fully saturated rings. The fraction of sp³-hybridized carbons (Fsp3) is 1.00. The second-order valence-electron chi connectivity index (χ2n) is 4.61. The van der Waals surface area contributed by atoms with Gasteiger partial charge >= 0.3 is 0 Å². The minimum Gasteiger partial charge on any atom is -0.396 e. The lowest BCUT2D eigenvalue weighted by Crippen LogP contribution is -2.50. The van der Waals surface area contributed by atoms with E-state index in [0.717, 1.165) is 13.0 Å². The number of nitrogens with zero attached hydrogens (tertiary/aromatic N) is 1. The van der Waals surface area contributed by atoms with E-state index in [9.17, 15) is 0 Å². The molecule has 0 aromatic heterocycles. The number of hydrogen-bond acceptors (Lipinski definition) is 1. The zero-order valence-corrected chi connectivity index (χ0v) is 11.0. The van der Waals surface area contributed by atoms with Crippen LogP contribution in [0.5, 0.6) is 0 Å². The van der Waals surface area contributed by atoms with E-state index in [1.165, 1.54) is 49.8 Å². The van der Waals surface area contributed by atoms with Gasteiger partial charge in [0.1, 0.15) is 0 Å². The average molecular weight is 216 g/mol. The third-order valence-electron chi connectivity index (χ3n) is 3.43. The number of rotatable bonds is 10. The molecular formula is C13H30NO+. The van der Waals surface area contributed by atoms with Gasteiger partial charge in [-0.1, -0.05) is 26.7 Å². The predicted molar refractivity (Wildman–Crippen MR) is 66.9 cm³/mol. The Morgan fingerprint density at radius 1 is 0.800 bits per heavy atom. The van der Waals surface area contributed by atoms with Crippen LogP contribution in [0.15, 0.2) is 0 Å². The van der Waals surface area contributed by atoms with Crippen molar-refractivity contribution in [1.29, 1.82) is 0 Å². The standard InChI is InChI=1S/C13H30NO/c1-4-7-10-14(6-3,11-8-5-2)12-9-13-15/h15H,4-13H2,1-3H3/q+1. The molecule has 0 spiro atoms. The number of aliphatic hydroxyl groups excluding tert-OH is 1. The highest BCUT2D eigenvalue weighted by molar-refractivity contribution is 4.46. The zero-order valence-electron chi connectivity index (χ0n) is 11.0. The average Bonchev–Trinajstić information content (AvgIpc) is 2.29. The van der Waals surface area contributed by atoms with Gasteiger partial charge in [0.25, 0.3) is 0 Å². The molecule has 15 heavy (non-hydrogen) atoms. The van der Waals surface area contributed by atoms with Crippen molar-refractivity contribution in [2.24, 2.45) is 0 Å². The summed E-state index contributed by atoms with van der Waals surface area (Å²) in [5.41, 5.74) is 0. The maximum Gasteiger partial charge on any atom is 0.0808 e. The zero-order chi connectivity index (χ0) is 11.6. The van der Waals surface area contributed by atoms with E-state index in [2.05, 4.69) is 20.8 Å². The SMILES string of the molecule is CCCC[N+](CC)(CCCC)CCCO. The molecule has 0 aliphatic rings. The topological polar surface area (TPSA) is 20.2 Å². The second kappa shape index (κ2) is 9.17. The van der Waals surface area contributed by atoms with Crippen LogP contribution in [0.4, 0.5) is 0 Å². The summed E-state index contributed by atoms with van der Waals surface area (Å²) in [5.74, 6) is 0. The van der Waals surface area contributed by atoms with E-state index in [1.54, 1.807) is 0 Å². The first-order valence-corrected chi connectivity index (χ1v) is 6.70. The van der Waals surface area contributed by atoms with Gasteiger partial charge in [-0.2, -0.15) is 0 Å². The number of hydrogen-bond donors (Lipinski definition) is 1. The summed E-state index contributed by atoms with van der Waals surface area (Å²) >= 11 is 0. The Balaban J connectivity index is 4.16. The third-order valence-corrected chi connectivity index (χ3v) is 3.43. The monoisotopic (exact) mass is 216 g/mol. The molecule has 92 valence electrons. The highest BCUT2D eigenvalue weighted by atomic mass is 16.3. The van der Waals surface area contributed by atoms with Gasteiger partial charge in [-0.15, -0.1) is 0 Å². The summed E-state index contributed by atoms with van der Waals surface area (Å²) in [4.78, 5) is 0. The second-order valence-corrected chi connectivity index (χ2v) is 4.61. The van der Waals surface area contributed by atoms with Crippen LogP contribution >= 0.6 is 0 Å². The molecule has 1 N–H and O–H groups in total. The predicted octanol–water partition coefficient (Wildman–Crippen LogP) is 2.81. The number of quaternary nitrogens is 1. The molecule has 0 unspecified atom stereocenters. The van der Waals surface area contributed by atoms with Crippen LogP contribution in [0.1, 0.15) is 52.9 Å². The summed E-state index contributed by atoms with van der Waals surface area (Å²) in [6, 6.07) is 0. The van der Waals surface area contributed by atoms with Crippen molar-refractivity contribution in [3.05, 3.63) is 0 Å². The molecule has 0 bridgehead atoms. The Bertz CT molecular complexity index is 115. The molecule has 0 heterocycles. The van der Waals surface area contributed by atoms with E-state index in [-0.39, 0.29) is 0 Å². The fourth-order valence-corrected chi connectivity index (χ4v) is 2.20. The summed E-state index contributed by atoms with van der Waals surface area (Å²) in [6.45, 7) is 12.1. The lowest BCUT2D eigenvalue weighted by molar-refractivity contribution is -0.927. The summed E-state index contributed by atoms with van der Waals surface area (Å²) in [7, 11) is 0. The Labute approximate surface area is 95.9 Å². The molecule has 0 aromatic rings. The molecule has 2 heteroatoms. The minimum absolute atomic E-state index is 0.345. The molecule has 0 saturated heterocycles. The Kier molecular flexibility index (Phi) is 9.12. The van der Waals surface area contributed by atoms with Gasteiger partial charge in [0.15, 0.2) is 0 Å². The van der Waals surface area contributed by atoms with Crippen LogP contribution in [0.3, 0.4) is 0 Å². The van der Waals surface area contributed by atoms with E-state index >= 15 is 0 Å². The van der Waals surface area contributed by atoms with Crippen LogP contribution in [0.2, 0.25) is 0 Å². The van der Waals surface area contributed by atoms with Gasteiger partial charge in [-0.25, -0.2) is 0 Å². The summed E-state index contributed by atoms with van der Waals surface area (Å²) < 4.78 is 1.22. The van der Waals surface area contributed by atoms with E-state index in [1.807, 2.05) is 0 Å². The van der Waals surface area contributed by atoms with Crippen molar-refractivity contribution < 1.29 is 9.59 Å². The van der Waals surface area contributed by atoms with Crippen molar-refractivity contribution in [3.63, 3.8) is 0 Å². The van der Waals surface area contributed by atoms with Crippen molar-refractivity contribution in [1.82, 2.24) is 0 Å². The minimum atomic E-state index is 0.345. The van der Waals surface area contributed by atoms with Gasteiger partial charge in [-0.05, 0) is 19.8 Å². The van der Waals surface area contributed by atoms with Gasteiger partial charge in [0, 0.05) is 13.0 Å². The van der Waals surface area contributed by atoms with E-state index in [0.29, 0.717) is 6.61 Å². The van der Waals surface area contributed by atoms with E-state index < -0.39 is 0 Å². The Hall–Kier alpha value is -0.0800. The maximum atomic E-state index is 8.97. The normalized spacial score (nSPS) is 12.0. The molecule has 0 radical (unpaired) electrons. The molecule has 0 aliphatic carbocycles. The molecule has 0 aromatic carbocycles. The fourth-order valence-electron chi connectivity index (χ4n) is 2.20. The van der Waals surface area contributed by atoms with Gasteiger partial charge in [0.2, 0.25) is 0 Å². The first-order valence-electron chi connectivity index (χ1n) is 6.70. The molecular weight excluding hydrogens is 186 g/mol. The highest BCUT2D eigenvalue weighted by Gasteiger charge is 2.23. The van der Waals surface area contributed by atoms with Crippen LogP contribution in [-0.2, 0) is 0 Å². The summed E-state index contributed by atoms with van der Waals surface area (Å²) in [6.07, 6.45) is 6.17. The first kappa shape index (κ1) is 14.9. The van der Waals surface area contributed by atoms with Crippen molar-refractivity contribution in [2.75, 3.05) is 32.8 Å². The van der Waals surface area contributed by atoms with Crippen LogP contribution < -0.4 is 0 Å². The quantitative estimate of drug-likeness (QED) is 0.557. The van der Waals surface area contributed by atoms with Crippen LogP contribution in [-0.4, -0.2) is 42.4 Å². The van der Waals surface area contributed by atoms with Crippen molar-refractivity contribution in [2.45, 2.75) is 52.9 Å². The number of aliphatic hydroxyl groups is 1.